The van der Waals surface area contributed by atoms with E-state index in [1.54, 1.807) is 6.92 Å². The third-order valence-corrected chi connectivity index (χ3v) is 6.29. The van der Waals surface area contributed by atoms with Gasteiger partial charge in [-0.15, -0.1) is 20.5 Å². The molecule has 26 heavy (non-hydrogen) atoms. The zero-order valence-corrected chi connectivity index (χ0v) is 18.0. The second-order valence-electron chi connectivity index (χ2n) is 10.9. The van der Waals surface area contributed by atoms with Crippen molar-refractivity contribution in [1.82, 2.24) is 15.0 Å². The van der Waals surface area contributed by atoms with Crippen molar-refractivity contribution in [2.45, 2.75) is 122 Å². The van der Waals surface area contributed by atoms with E-state index in [-0.39, 0.29) is 18.0 Å². The molecule has 0 atom stereocenters. The highest BCUT2D eigenvalue weighted by Gasteiger charge is 2.52. The Morgan fingerprint density at radius 3 is 1.12 bits per heavy atom. The van der Waals surface area contributed by atoms with Gasteiger partial charge in [0.1, 0.15) is 0 Å². The van der Waals surface area contributed by atoms with Gasteiger partial charge < -0.3 is 4.90 Å². The van der Waals surface area contributed by atoms with E-state index in [2.05, 4.69) is 0 Å². The highest BCUT2D eigenvalue weighted by Crippen LogP contribution is 2.44. The number of rotatable bonds is 2. The molecule has 0 bridgehead atoms. The second kappa shape index (κ2) is 6.43. The van der Waals surface area contributed by atoms with Crippen LogP contribution in [0.4, 0.5) is 0 Å². The molecule has 2 radical (unpaired) electrons. The second-order valence-corrected chi connectivity index (χ2v) is 10.9. The van der Waals surface area contributed by atoms with E-state index in [0.29, 0.717) is 25.7 Å². The Morgan fingerprint density at radius 1 is 0.692 bits per heavy atom. The lowest BCUT2D eigenvalue weighted by molar-refractivity contribution is -0.304. The Labute approximate surface area is 159 Å². The van der Waals surface area contributed by atoms with E-state index in [0.717, 1.165) is 0 Å². The summed E-state index contributed by atoms with van der Waals surface area (Å²) in [6.45, 7) is 17.3. The molecule has 2 rings (SSSR count). The predicted molar refractivity (Wildman–Crippen MR) is 99.9 cm³/mol. The van der Waals surface area contributed by atoms with E-state index < -0.39 is 22.2 Å². The predicted octanol–water partition coefficient (Wildman–Crippen LogP) is 3.57. The Balaban J connectivity index is 2.36. The van der Waals surface area contributed by atoms with Crippen LogP contribution in [0, 0.1) is 0 Å². The van der Waals surface area contributed by atoms with Gasteiger partial charge in [0.15, 0.2) is 0 Å². The molecule has 0 spiro atoms. The average Bonchev–Trinajstić information content (AvgIpc) is 2.40. The van der Waals surface area contributed by atoms with E-state index >= 15 is 0 Å². The largest absolute Gasteiger partial charge is 0.337 e. The van der Waals surface area contributed by atoms with E-state index in [1.807, 2.05) is 60.3 Å². The van der Waals surface area contributed by atoms with Crippen molar-refractivity contribution in [2.24, 2.45) is 0 Å². The van der Waals surface area contributed by atoms with Gasteiger partial charge in [-0.05, 0) is 81.1 Å². The van der Waals surface area contributed by atoms with Crippen LogP contribution in [0.15, 0.2) is 0 Å². The highest BCUT2D eigenvalue weighted by molar-refractivity contribution is 5.74. The van der Waals surface area contributed by atoms with Crippen LogP contribution in [-0.2, 0) is 15.2 Å². The summed E-state index contributed by atoms with van der Waals surface area (Å²) in [7, 11) is 0. The normalized spacial score (nSPS) is 29.5. The molecule has 1 amide bonds. The van der Waals surface area contributed by atoms with Crippen molar-refractivity contribution < 1.29 is 15.2 Å². The molecule has 6 nitrogen and oxygen atoms in total. The van der Waals surface area contributed by atoms with Crippen LogP contribution in [-0.4, -0.2) is 55.2 Å². The Bertz CT molecular complexity index is 479. The van der Waals surface area contributed by atoms with Crippen LogP contribution in [0.3, 0.4) is 0 Å². The van der Waals surface area contributed by atoms with Crippen molar-refractivity contribution in [3.63, 3.8) is 0 Å². The van der Waals surface area contributed by atoms with Crippen LogP contribution in [0.5, 0.6) is 0 Å². The molecule has 0 saturated carbocycles. The zero-order chi connectivity index (χ0) is 20.3. The molecule has 0 aliphatic carbocycles. The first-order valence-electron chi connectivity index (χ1n) is 9.75. The molecule has 0 aromatic rings. The lowest BCUT2D eigenvalue weighted by Crippen LogP contribution is -2.67. The Hall–Kier alpha value is -0.690. The maximum absolute atomic E-state index is 12.7. The number of hydroxylamine groups is 4. The summed E-state index contributed by atoms with van der Waals surface area (Å²) in [6.07, 6.45) is 2.60. The van der Waals surface area contributed by atoms with Gasteiger partial charge in [-0.3, -0.25) is 4.79 Å². The number of nitrogens with zero attached hydrogens (tertiary/aromatic N) is 3. The van der Waals surface area contributed by atoms with Crippen LogP contribution in [0.2, 0.25) is 0 Å². The Kier molecular flexibility index (Phi) is 5.35. The smallest absolute Gasteiger partial charge is 0.219 e. The molecular formula is C20H37N3O3. The summed E-state index contributed by atoms with van der Waals surface area (Å²) >= 11 is 0. The third kappa shape index (κ3) is 3.79. The fraction of sp³-hybridized carbons (Fsp3) is 0.950. The van der Waals surface area contributed by atoms with Crippen molar-refractivity contribution >= 4 is 5.91 Å². The topological polar surface area (TPSA) is 66.6 Å². The van der Waals surface area contributed by atoms with Gasteiger partial charge in [0.25, 0.3) is 0 Å². The molecule has 150 valence electrons. The summed E-state index contributed by atoms with van der Waals surface area (Å²) in [6, 6.07) is 0.0232. The van der Waals surface area contributed by atoms with Crippen LogP contribution < -0.4 is 0 Å². The molecule has 6 heteroatoms. The van der Waals surface area contributed by atoms with Gasteiger partial charge in [-0.2, -0.15) is 0 Å². The fourth-order valence-electron chi connectivity index (χ4n) is 5.63. The quantitative estimate of drug-likeness (QED) is 0.749. The molecular weight excluding hydrogens is 330 g/mol. The standard InChI is InChI=1S/C20H37N3O3/c1-14(24)21(15-10-17(2,3)22(25)18(4,5)11-15)16-12-19(6,7)23(26)20(8,9)13-16/h15-16H,10-13H2,1-9H3. The number of carbonyl (C=O) groups is 1. The number of carbonyl (C=O) groups excluding carboxylic acids is 1. The molecule has 2 saturated heterocycles. The average molecular weight is 368 g/mol. The number of hydrogen-bond donors (Lipinski definition) is 0. The molecule has 0 unspecified atom stereocenters. The van der Waals surface area contributed by atoms with Gasteiger partial charge in [-0.1, -0.05) is 0 Å². The monoisotopic (exact) mass is 367 g/mol. The Morgan fingerprint density at radius 2 is 0.923 bits per heavy atom. The molecule has 2 fully saturated rings. The summed E-state index contributed by atoms with van der Waals surface area (Å²) in [4.78, 5) is 14.7. The maximum atomic E-state index is 12.7. The lowest BCUT2D eigenvalue weighted by atomic mass is 9.74. The molecule has 0 aromatic heterocycles. The summed E-state index contributed by atoms with van der Waals surface area (Å²) in [5.74, 6) is 0.0388. The molecule has 2 heterocycles. The van der Waals surface area contributed by atoms with Crippen LogP contribution >= 0.6 is 0 Å². The number of hydrogen-bond acceptors (Lipinski definition) is 3. The first kappa shape index (κ1) is 21.6. The van der Waals surface area contributed by atoms with E-state index in [4.69, 9.17) is 0 Å². The molecule has 2 aliphatic rings. The van der Waals surface area contributed by atoms with Gasteiger partial charge in [0.05, 0.1) is 0 Å². The van der Waals surface area contributed by atoms with Crippen molar-refractivity contribution in [2.75, 3.05) is 0 Å². The third-order valence-electron chi connectivity index (χ3n) is 6.29. The minimum Gasteiger partial charge on any atom is -0.337 e. The van der Waals surface area contributed by atoms with Gasteiger partial charge in [0.2, 0.25) is 5.91 Å². The summed E-state index contributed by atoms with van der Waals surface area (Å²) in [5.41, 5.74) is -2.09. The fourth-order valence-corrected chi connectivity index (χ4v) is 5.63. The first-order valence-corrected chi connectivity index (χ1v) is 9.75. The van der Waals surface area contributed by atoms with Crippen molar-refractivity contribution in [1.29, 1.82) is 0 Å². The number of amides is 1. The molecule has 2 aliphatic heterocycles. The maximum Gasteiger partial charge on any atom is 0.219 e. The summed E-state index contributed by atoms with van der Waals surface area (Å²) in [5, 5.41) is 27.8. The molecule has 0 aromatic carbocycles. The highest BCUT2D eigenvalue weighted by atomic mass is 16.5. The van der Waals surface area contributed by atoms with Crippen LogP contribution in [0.25, 0.3) is 0 Å². The SMILES string of the molecule is CC(=O)N(C1CC(C)(C)N([O])C(C)(C)C1)C1CC(C)(C)N([O])C(C)(C)C1. The van der Waals surface area contributed by atoms with Crippen molar-refractivity contribution in [3.8, 4) is 0 Å². The molecule has 0 N–H and O–H groups in total. The first-order chi connectivity index (χ1) is 11.5. The van der Waals surface area contributed by atoms with Gasteiger partial charge in [0, 0.05) is 41.2 Å². The number of piperidine rings is 2. The van der Waals surface area contributed by atoms with Crippen molar-refractivity contribution in [3.05, 3.63) is 0 Å². The van der Waals surface area contributed by atoms with Crippen LogP contribution in [0.1, 0.15) is 88.0 Å². The van der Waals surface area contributed by atoms with E-state index in [9.17, 15) is 15.2 Å². The van der Waals surface area contributed by atoms with Gasteiger partial charge >= 0.3 is 0 Å². The minimum atomic E-state index is -0.523. The summed E-state index contributed by atoms with van der Waals surface area (Å²) < 4.78 is 0. The zero-order valence-electron chi connectivity index (χ0n) is 18.0. The minimum absolute atomic E-state index is 0.0116. The van der Waals surface area contributed by atoms with Gasteiger partial charge in [-0.25, -0.2) is 0 Å². The lowest BCUT2D eigenvalue weighted by Gasteiger charge is -2.57. The van der Waals surface area contributed by atoms with E-state index in [1.165, 1.54) is 10.1 Å².